The zero-order valence-corrected chi connectivity index (χ0v) is 16.9. The van der Waals surface area contributed by atoms with Gasteiger partial charge in [0.2, 0.25) is 0 Å². The third-order valence-corrected chi connectivity index (χ3v) is 5.07. The molecule has 0 aliphatic rings. The molecule has 29 heavy (non-hydrogen) atoms. The van der Waals surface area contributed by atoms with Crippen molar-refractivity contribution in [2.75, 3.05) is 5.32 Å². The molecule has 0 atom stereocenters. The molecule has 6 heteroatoms. The molecule has 1 aromatic heterocycles. The fourth-order valence-electron chi connectivity index (χ4n) is 2.99. The van der Waals surface area contributed by atoms with Crippen LogP contribution in [0.2, 0.25) is 0 Å². The smallest absolute Gasteiger partial charge is 0.256 e. The van der Waals surface area contributed by atoms with Gasteiger partial charge in [0.25, 0.3) is 5.91 Å². The molecule has 1 N–H and O–H groups in total. The van der Waals surface area contributed by atoms with E-state index in [4.69, 9.17) is 0 Å². The summed E-state index contributed by atoms with van der Waals surface area (Å²) in [5.74, 6) is -0.164. The predicted octanol–water partition coefficient (Wildman–Crippen LogP) is 5.75. The van der Waals surface area contributed by atoms with Crippen LogP contribution in [-0.2, 0) is 6.54 Å². The van der Waals surface area contributed by atoms with Crippen molar-refractivity contribution in [1.82, 2.24) is 9.78 Å². The fourth-order valence-corrected chi connectivity index (χ4v) is 3.40. The number of halogens is 2. The summed E-state index contributed by atoms with van der Waals surface area (Å²) in [6, 6.07) is 23.9. The maximum absolute atomic E-state index is 13.8. The zero-order chi connectivity index (χ0) is 20.2. The van der Waals surface area contributed by atoms with E-state index in [1.807, 2.05) is 42.5 Å². The van der Waals surface area contributed by atoms with E-state index in [9.17, 15) is 9.18 Å². The number of nitrogens with zero attached hydrogens (tertiary/aromatic N) is 2. The van der Waals surface area contributed by atoms with Gasteiger partial charge in [-0.05, 0) is 45.3 Å². The normalized spacial score (nSPS) is 10.7. The summed E-state index contributed by atoms with van der Waals surface area (Å²) in [6.45, 7) is 0.271. The molecule has 0 radical (unpaired) electrons. The van der Waals surface area contributed by atoms with Crippen molar-refractivity contribution in [2.24, 2.45) is 0 Å². The average Bonchev–Trinajstić information content (AvgIpc) is 3.09. The SMILES string of the molecule is O=C(Nc1nn(Cc2ccccc2F)cc1Br)c1ccc(-c2ccccc2)cc1. The second kappa shape index (κ2) is 8.41. The summed E-state index contributed by atoms with van der Waals surface area (Å²) in [4.78, 5) is 12.6. The number of nitrogens with one attached hydrogen (secondary N) is 1. The van der Waals surface area contributed by atoms with Gasteiger partial charge in [0.1, 0.15) is 5.82 Å². The fraction of sp³-hybridized carbons (Fsp3) is 0.0435. The minimum Gasteiger partial charge on any atom is -0.304 e. The molecular formula is C23H17BrFN3O. The van der Waals surface area contributed by atoms with Crippen molar-refractivity contribution in [3.63, 3.8) is 0 Å². The van der Waals surface area contributed by atoms with Crippen LogP contribution in [0.3, 0.4) is 0 Å². The van der Waals surface area contributed by atoms with Crippen LogP contribution in [0.5, 0.6) is 0 Å². The van der Waals surface area contributed by atoms with Crippen LogP contribution < -0.4 is 5.32 Å². The Morgan fingerprint density at radius 3 is 2.31 bits per heavy atom. The molecule has 0 saturated carbocycles. The van der Waals surface area contributed by atoms with E-state index in [1.54, 1.807) is 41.2 Å². The van der Waals surface area contributed by atoms with E-state index in [2.05, 4.69) is 26.3 Å². The Labute approximate surface area is 176 Å². The highest BCUT2D eigenvalue weighted by Gasteiger charge is 2.13. The number of aromatic nitrogens is 2. The molecule has 0 spiro atoms. The Bertz CT molecular complexity index is 1140. The quantitative estimate of drug-likeness (QED) is 0.421. The Hall–Kier alpha value is -3.25. The molecule has 4 aromatic rings. The van der Waals surface area contributed by atoms with E-state index >= 15 is 0 Å². The van der Waals surface area contributed by atoms with Crippen LogP contribution in [0.25, 0.3) is 11.1 Å². The topological polar surface area (TPSA) is 46.9 Å². The highest BCUT2D eigenvalue weighted by molar-refractivity contribution is 9.10. The van der Waals surface area contributed by atoms with E-state index < -0.39 is 0 Å². The maximum atomic E-state index is 13.8. The standard InChI is InChI=1S/C23H17BrFN3O/c24-20-15-28(14-19-8-4-5-9-21(19)25)27-22(20)26-23(29)18-12-10-17(11-13-18)16-6-2-1-3-7-16/h1-13,15H,14H2,(H,26,27,29). The van der Waals surface area contributed by atoms with Gasteiger partial charge in [0, 0.05) is 17.3 Å². The minimum absolute atomic E-state index is 0.263. The van der Waals surface area contributed by atoms with Gasteiger partial charge in [-0.25, -0.2) is 4.39 Å². The van der Waals surface area contributed by atoms with Crippen molar-refractivity contribution >= 4 is 27.7 Å². The van der Waals surface area contributed by atoms with E-state index in [1.165, 1.54) is 6.07 Å². The number of carbonyl (C=O) groups is 1. The monoisotopic (exact) mass is 449 g/mol. The van der Waals surface area contributed by atoms with Crippen LogP contribution in [0, 0.1) is 5.82 Å². The number of amides is 1. The van der Waals surface area contributed by atoms with Gasteiger partial charge in [0.15, 0.2) is 5.82 Å². The highest BCUT2D eigenvalue weighted by atomic mass is 79.9. The first-order chi connectivity index (χ1) is 14.1. The van der Waals surface area contributed by atoms with Gasteiger partial charge < -0.3 is 5.32 Å². The van der Waals surface area contributed by atoms with E-state index in [0.29, 0.717) is 21.4 Å². The van der Waals surface area contributed by atoms with Crippen LogP contribution in [0.4, 0.5) is 10.2 Å². The second-order valence-electron chi connectivity index (χ2n) is 6.51. The van der Waals surface area contributed by atoms with Gasteiger partial charge >= 0.3 is 0 Å². The lowest BCUT2D eigenvalue weighted by molar-refractivity contribution is 0.102. The lowest BCUT2D eigenvalue weighted by Gasteiger charge is -2.06. The van der Waals surface area contributed by atoms with Gasteiger partial charge in [-0.2, -0.15) is 5.10 Å². The second-order valence-corrected chi connectivity index (χ2v) is 7.37. The van der Waals surface area contributed by atoms with Crippen molar-refractivity contribution in [3.8, 4) is 11.1 Å². The maximum Gasteiger partial charge on any atom is 0.256 e. The molecule has 0 bridgehead atoms. The van der Waals surface area contributed by atoms with Gasteiger partial charge in [-0.1, -0.05) is 60.7 Å². The van der Waals surface area contributed by atoms with Crippen molar-refractivity contribution in [1.29, 1.82) is 0 Å². The van der Waals surface area contributed by atoms with Gasteiger partial charge in [0.05, 0.1) is 11.0 Å². The predicted molar refractivity (Wildman–Crippen MR) is 115 cm³/mol. The largest absolute Gasteiger partial charge is 0.304 e. The first-order valence-corrected chi connectivity index (χ1v) is 9.82. The molecule has 0 aliphatic heterocycles. The van der Waals surface area contributed by atoms with Crippen LogP contribution in [-0.4, -0.2) is 15.7 Å². The molecule has 144 valence electrons. The Kier molecular flexibility index (Phi) is 5.53. The average molecular weight is 450 g/mol. The molecule has 4 rings (SSSR count). The molecule has 0 fully saturated rings. The first-order valence-electron chi connectivity index (χ1n) is 9.03. The molecule has 0 unspecified atom stereocenters. The molecule has 1 amide bonds. The number of benzene rings is 3. The number of hydrogen-bond donors (Lipinski definition) is 1. The Morgan fingerprint density at radius 1 is 0.931 bits per heavy atom. The highest BCUT2D eigenvalue weighted by Crippen LogP contribution is 2.23. The summed E-state index contributed by atoms with van der Waals surface area (Å²) in [6.07, 6.45) is 1.71. The summed E-state index contributed by atoms with van der Waals surface area (Å²) in [5, 5.41) is 7.14. The van der Waals surface area contributed by atoms with Crippen LogP contribution >= 0.6 is 15.9 Å². The van der Waals surface area contributed by atoms with Crippen molar-refractivity contribution in [3.05, 3.63) is 106 Å². The molecule has 3 aromatic carbocycles. The zero-order valence-electron chi connectivity index (χ0n) is 15.3. The summed E-state index contributed by atoms with van der Waals surface area (Å²) in [7, 11) is 0. The lowest BCUT2D eigenvalue weighted by Crippen LogP contribution is -2.13. The molecule has 4 nitrogen and oxygen atoms in total. The third-order valence-electron chi connectivity index (χ3n) is 4.49. The first kappa shape index (κ1) is 19.1. The van der Waals surface area contributed by atoms with E-state index in [-0.39, 0.29) is 18.3 Å². The number of anilines is 1. The number of hydrogen-bond acceptors (Lipinski definition) is 2. The van der Waals surface area contributed by atoms with Crippen molar-refractivity contribution in [2.45, 2.75) is 6.54 Å². The Balaban J connectivity index is 1.47. The van der Waals surface area contributed by atoms with Gasteiger partial charge in [-0.3, -0.25) is 9.48 Å². The number of rotatable bonds is 5. The third kappa shape index (κ3) is 4.43. The summed E-state index contributed by atoms with van der Waals surface area (Å²) >= 11 is 3.40. The number of carbonyl (C=O) groups excluding carboxylic acids is 1. The van der Waals surface area contributed by atoms with E-state index in [0.717, 1.165) is 11.1 Å². The molecule has 0 aliphatic carbocycles. The van der Waals surface area contributed by atoms with Gasteiger partial charge in [-0.15, -0.1) is 0 Å². The molecule has 0 saturated heterocycles. The summed E-state index contributed by atoms with van der Waals surface area (Å²) < 4.78 is 16.1. The lowest BCUT2D eigenvalue weighted by atomic mass is 10.0. The van der Waals surface area contributed by atoms with Crippen molar-refractivity contribution < 1.29 is 9.18 Å². The molecular weight excluding hydrogens is 433 g/mol. The minimum atomic E-state index is -0.289. The van der Waals surface area contributed by atoms with Crippen LogP contribution in [0.15, 0.2) is 89.5 Å². The summed E-state index contributed by atoms with van der Waals surface area (Å²) in [5.41, 5.74) is 3.18. The Morgan fingerprint density at radius 2 is 1.59 bits per heavy atom. The molecule has 1 heterocycles. The van der Waals surface area contributed by atoms with Crippen LogP contribution in [0.1, 0.15) is 15.9 Å².